The number of aromatic nitrogens is 2. The van der Waals surface area contributed by atoms with E-state index < -0.39 is 11.9 Å². The highest BCUT2D eigenvalue weighted by Crippen LogP contribution is 2.42. The van der Waals surface area contributed by atoms with Crippen molar-refractivity contribution >= 4 is 40.6 Å². The number of ether oxygens (including phenoxy) is 1. The van der Waals surface area contributed by atoms with Crippen molar-refractivity contribution in [1.82, 2.24) is 9.97 Å². The lowest BCUT2D eigenvalue weighted by atomic mass is 9.99. The lowest BCUT2D eigenvalue weighted by molar-refractivity contribution is 0.167. The number of carbonyl (C=O) groups excluding carboxylic acids is 1. The van der Waals surface area contributed by atoms with Gasteiger partial charge in [0.15, 0.2) is 0 Å². The van der Waals surface area contributed by atoms with E-state index >= 15 is 0 Å². The maximum atomic E-state index is 14.2. The topological polar surface area (TPSA) is 67.4 Å². The number of benzene rings is 1. The molecule has 3 aromatic rings. The van der Waals surface area contributed by atoms with Crippen LogP contribution < -0.4 is 15.0 Å². The summed E-state index contributed by atoms with van der Waals surface area (Å²) in [5.41, 5.74) is 3.71. The van der Waals surface area contributed by atoms with Gasteiger partial charge in [-0.1, -0.05) is 23.2 Å². The number of pyridine rings is 2. The predicted molar refractivity (Wildman–Crippen MR) is 117 cm³/mol. The Hall–Kier alpha value is -2.90. The van der Waals surface area contributed by atoms with Crippen molar-refractivity contribution in [3.8, 4) is 5.75 Å². The highest BCUT2D eigenvalue weighted by molar-refractivity contribution is 6.34. The lowest BCUT2D eigenvalue weighted by Crippen LogP contribution is -2.39. The van der Waals surface area contributed by atoms with Crippen molar-refractivity contribution < 1.29 is 13.9 Å². The summed E-state index contributed by atoms with van der Waals surface area (Å²) in [5, 5.41) is 3.73. The quantitative estimate of drug-likeness (QED) is 0.522. The van der Waals surface area contributed by atoms with Gasteiger partial charge in [0.1, 0.15) is 23.4 Å². The molecular formula is C22H17Cl2FN4O2. The Balaban J connectivity index is 1.50. The fourth-order valence-corrected chi connectivity index (χ4v) is 4.47. The van der Waals surface area contributed by atoms with E-state index in [2.05, 4.69) is 15.3 Å². The first-order valence-electron chi connectivity index (χ1n) is 9.74. The molecule has 9 heteroatoms. The molecule has 0 fully saturated rings. The number of urea groups is 1. The largest absolute Gasteiger partial charge is 0.484 e. The summed E-state index contributed by atoms with van der Waals surface area (Å²) in [7, 11) is 0. The van der Waals surface area contributed by atoms with Crippen LogP contribution in [0.1, 0.15) is 35.0 Å². The van der Waals surface area contributed by atoms with E-state index in [0.717, 1.165) is 11.1 Å². The number of hydrogen-bond donors (Lipinski definition) is 1. The van der Waals surface area contributed by atoms with Gasteiger partial charge in [0.25, 0.3) is 0 Å². The number of halogens is 3. The number of aryl methyl sites for hydroxylation is 2. The minimum Gasteiger partial charge on any atom is -0.484 e. The zero-order valence-electron chi connectivity index (χ0n) is 16.5. The number of anilines is 2. The summed E-state index contributed by atoms with van der Waals surface area (Å²) in [5.74, 6) is 0.145. The Bertz CT molecular complexity index is 1220. The fourth-order valence-electron chi connectivity index (χ4n) is 3.98. The van der Waals surface area contributed by atoms with Crippen molar-refractivity contribution in [3.63, 3.8) is 0 Å². The van der Waals surface area contributed by atoms with Crippen LogP contribution in [-0.4, -0.2) is 16.0 Å². The molecule has 2 aliphatic rings. The van der Waals surface area contributed by atoms with Gasteiger partial charge in [-0.2, -0.15) is 0 Å². The van der Waals surface area contributed by atoms with Crippen molar-refractivity contribution in [2.24, 2.45) is 0 Å². The molecule has 1 aromatic carbocycles. The number of amides is 2. The number of nitrogens with zero attached hydrogens (tertiary/aromatic N) is 3. The molecule has 0 spiro atoms. The van der Waals surface area contributed by atoms with Gasteiger partial charge in [-0.15, -0.1) is 0 Å². The number of rotatable bonds is 2. The van der Waals surface area contributed by atoms with Crippen LogP contribution in [0.25, 0.3) is 0 Å². The molecule has 5 rings (SSSR count). The third-order valence-corrected chi connectivity index (χ3v) is 6.20. The third-order valence-electron chi connectivity index (χ3n) is 5.57. The van der Waals surface area contributed by atoms with E-state index in [0.29, 0.717) is 45.7 Å². The molecule has 0 saturated carbocycles. The molecule has 1 N–H and O–H groups in total. The van der Waals surface area contributed by atoms with E-state index in [1.165, 1.54) is 11.0 Å². The number of carbonyl (C=O) groups is 1. The SMILES string of the molecule is Cc1ncc(Cl)c2c1NC(=O)N(c1cc3c(cc1Cl)CC[C@@H](c1ncccc1F)O3)C2. The van der Waals surface area contributed by atoms with Crippen LogP contribution >= 0.6 is 23.2 Å². The monoisotopic (exact) mass is 458 g/mol. The van der Waals surface area contributed by atoms with E-state index in [1.807, 2.05) is 6.92 Å². The van der Waals surface area contributed by atoms with Crippen LogP contribution in [0.5, 0.6) is 5.75 Å². The van der Waals surface area contributed by atoms with Crippen LogP contribution in [0.4, 0.5) is 20.6 Å². The van der Waals surface area contributed by atoms with Gasteiger partial charge in [-0.05, 0) is 43.5 Å². The molecule has 2 aromatic heterocycles. The van der Waals surface area contributed by atoms with Crippen LogP contribution in [0.2, 0.25) is 10.0 Å². The minimum atomic E-state index is -0.512. The van der Waals surface area contributed by atoms with Crippen molar-refractivity contribution in [2.45, 2.75) is 32.4 Å². The Labute approximate surface area is 188 Å². The zero-order chi connectivity index (χ0) is 21.7. The van der Waals surface area contributed by atoms with Crippen molar-refractivity contribution in [1.29, 1.82) is 0 Å². The molecule has 0 radical (unpaired) electrons. The lowest BCUT2D eigenvalue weighted by Gasteiger charge is -2.33. The van der Waals surface area contributed by atoms with Gasteiger partial charge in [-0.25, -0.2) is 9.18 Å². The van der Waals surface area contributed by atoms with Gasteiger partial charge in [0.2, 0.25) is 0 Å². The normalized spacial score (nSPS) is 17.5. The Morgan fingerprint density at radius 1 is 1.26 bits per heavy atom. The number of hydrogen-bond acceptors (Lipinski definition) is 4. The Morgan fingerprint density at radius 2 is 2.10 bits per heavy atom. The predicted octanol–water partition coefficient (Wildman–Crippen LogP) is 5.85. The van der Waals surface area contributed by atoms with Gasteiger partial charge < -0.3 is 10.1 Å². The summed E-state index contributed by atoms with van der Waals surface area (Å²) in [6.45, 7) is 2.04. The van der Waals surface area contributed by atoms with Crippen LogP contribution in [0.3, 0.4) is 0 Å². The molecule has 0 unspecified atom stereocenters. The smallest absolute Gasteiger partial charge is 0.326 e. The second kappa shape index (κ2) is 7.66. The molecule has 0 aliphatic carbocycles. The first-order valence-corrected chi connectivity index (χ1v) is 10.5. The van der Waals surface area contributed by atoms with E-state index in [4.69, 9.17) is 27.9 Å². The molecule has 2 amide bonds. The molecule has 4 heterocycles. The number of nitrogens with one attached hydrogen (secondary N) is 1. The first kappa shape index (κ1) is 20.0. The molecule has 0 saturated heterocycles. The highest BCUT2D eigenvalue weighted by atomic mass is 35.5. The van der Waals surface area contributed by atoms with Crippen LogP contribution in [0, 0.1) is 12.7 Å². The minimum absolute atomic E-state index is 0.236. The first-order chi connectivity index (χ1) is 14.9. The second-order valence-electron chi connectivity index (χ2n) is 7.49. The fraction of sp³-hybridized carbons (Fsp3) is 0.227. The van der Waals surface area contributed by atoms with E-state index in [9.17, 15) is 9.18 Å². The molecule has 1 atom stereocenters. The van der Waals surface area contributed by atoms with Crippen molar-refractivity contribution in [3.05, 3.63) is 75.0 Å². The summed E-state index contributed by atoms with van der Waals surface area (Å²) in [6.07, 6.45) is 3.83. The average Bonchev–Trinajstić information content (AvgIpc) is 2.76. The summed E-state index contributed by atoms with van der Waals surface area (Å²) in [4.78, 5) is 22.7. The third kappa shape index (κ3) is 3.47. The van der Waals surface area contributed by atoms with Gasteiger partial charge >= 0.3 is 6.03 Å². The van der Waals surface area contributed by atoms with Crippen molar-refractivity contribution in [2.75, 3.05) is 10.2 Å². The molecule has 31 heavy (non-hydrogen) atoms. The summed E-state index contributed by atoms with van der Waals surface area (Å²) >= 11 is 12.9. The van der Waals surface area contributed by atoms with Gasteiger partial charge in [0.05, 0.1) is 33.7 Å². The number of fused-ring (bicyclic) bond motifs is 2. The van der Waals surface area contributed by atoms with Crippen LogP contribution in [-0.2, 0) is 13.0 Å². The van der Waals surface area contributed by atoms with Crippen LogP contribution in [0.15, 0.2) is 36.7 Å². The molecule has 158 valence electrons. The summed E-state index contributed by atoms with van der Waals surface area (Å²) < 4.78 is 20.3. The molecule has 6 nitrogen and oxygen atoms in total. The molecule has 2 aliphatic heterocycles. The van der Waals surface area contributed by atoms with E-state index in [-0.39, 0.29) is 18.3 Å². The van der Waals surface area contributed by atoms with Gasteiger partial charge in [-0.3, -0.25) is 14.9 Å². The van der Waals surface area contributed by atoms with Gasteiger partial charge in [0, 0.05) is 24.0 Å². The van der Waals surface area contributed by atoms with E-state index in [1.54, 1.807) is 30.6 Å². The Morgan fingerprint density at radius 3 is 2.90 bits per heavy atom. The zero-order valence-corrected chi connectivity index (χ0v) is 18.0. The second-order valence-corrected chi connectivity index (χ2v) is 8.30. The standard InChI is InChI=1S/C22H17Cl2FN4O2/c1-11-20-13(15(24)9-27-11)10-29(22(30)28-20)17-8-19-12(7-14(17)23)4-5-18(31-19)21-16(25)3-2-6-26-21/h2-3,6-9,18H,4-5,10H2,1H3,(H,28,30)/t18-/m0/s1. The highest BCUT2D eigenvalue weighted by Gasteiger charge is 2.31. The Kier molecular flexibility index (Phi) is 4.95. The summed E-state index contributed by atoms with van der Waals surface area (Å²) in [6, 6.07) is 6.08. The maximum absolute atomic E-state index is 14.2. The maximum Gasteiger partial charge on any atom is 0.326 e. The molecule has 0 bridgehead atoms. The average molecular weight is 459 g/mol. The molecular weight excluding hydrogens is 442 g/mol.